The molecule has 0 radical (unpaired) electrons. The molecule has 0 atom stereocenters. The van der Waals surface area contributed by atoms with Crippen LogP contribution in [0.5, 0.6) is 0 Å². The lowest BCUT2D eigenvalue weighted by molar-refractivity contribution is 0.0709. The summed E-state index contributed by atoms with van der Waals surface area (Å²) < 4.78 is 1.05. The minimum atomic E-state index is 0. The van der Waals surface area contributed by atoms with E-state index in [1.54, 1.807) is 11.3 Å². The molecule has 1 aliphatic rings. The van der Waals surface area contributed by atoms with E-state index in [2.05, 4.69) is 20.9 Å². The van der Waals surface area contributed by atoms with E-state index in [0.29, 0.717) is 5.69 Å². The molecule has 0 aliphatic carbocycles. The van der Waals surface area contributed by atoms with E-state index in [1.807, 2.05) is 21.7 Å². The van der Waals surface area contributed by atoms with E-state index in [1.165, 1.54) is 11.3 Å². The fourth-order valence-electron chi connectivity index (χ4n) is 2.17. The Hall–Kier alpha value is -0.180. The number of amides is 1. The van der Waals surface area contributed by atoms with Gasteiger partial charge >= 0.3 is 0 Å². The molecule has 0 aromatic carbocycles. The number of piperidine rings is 1. The fourth-order valence-corrected chi connectivity index (χ4v) is 4.48. The average molecular weight is 445 g/mol. The largest absolute Gasteiger partial charge is 0.337 e. The number of hydrogen-bond acceptors (Lipinski definition) is 5. The summed E-state index contributed by atoms with van der Waals surface area (Å²) >= 11 is 6.57. The Morgan fingerprint density at radius 2 is 1.95 bits per heavy atom. The molecule has 9 heteroatoms. The van der Waals surface area contributed by atoms with Crippen molar-refractivity contribution >= 4 is 69.3 Å². The van der Waals surface area contributed by atoms with Crippen molar-refractivity contribution < 1.29 is 4.79 Å². The van der Waals surface area contributed by atoms with Gasteiger partial charge in [-0.2, -0.15) is 0 Å². The Kier molecular flexibility index (Phi) is 7.78. The highest BCUT2D eigenvalue weighted by Crippen LogP contribution is 2.32. The van der Waals surface area contributed by atoms with Crippen LogP contribution in [0.2, 0.25) is 0 Å². The van der Waals surface area contributed by atoms with Gasteiger partial charge in [0.25, 0.3) is 5.91 Å². The normalized spacial score (nSPS) is 15.1. The molecule has 1 saturated heterocycles. The molecule has 2 aromatic rings. The lowest BCUT2D eigenvalue weighted by atomic mass is 10.1. The summed E-state index contributed by atoms with van der Waals surface area (Å²) in [6, 6.07) is 2.26. The zero-order valence-corrected chi connectivity index (χ0v) is 16.4. The summed E-state index contributed by atoms with van der Waals surface area (Å²) in [4.78, 5) is 19.8. The van der Waals surface area contributed by atoms with E-state index in [0.717, 1.165) is 40.3 Å². The van der Waals surface area contributed by atoms with Gasteiger partial charge in [-0.05, 0) is 34.8 Å². The lowest BCUT2D eigenvalue weighted by Gasteiger charge is -2.29. The van der Waals surface area contributed by atoms with E-state index < -0.39 is 0 Å². The maximum Gasteiger partial charge on any atom is 0.273 e. The van der Waals surface area contributed by atoms with Crippen LogP contribution in [0.15, 0.2) is 21.3 Å². The summed E-state index contributed by atoms with van der Waals surface area (Å²) in [5.74, 6) is 0.0232. The Morgan fingerprint density at radius 1 is 1.27 bits per heavy atom. The van der Waals surface area contributed by atoms with Crippen LogP contribution in [0.3, 0.4) is 0 Å². The van der Waals surface area contributed by atoms with E-state index in [4.69, 9.17) is 5.73 Å². The van der Waals surface area contributed by atoms with Gasteiger partial charge in [0.15, 0.2) is 0 Å². The van der Waals surface area contributed by atoms with Crippen LogP contribution in [-0.2, 0) is 0 Å². The van der Waals surface area contributed by atoms with Crippen LogP contribution in [0.25, 0.3) is 9.88 Å². The Balaban J connectivity index is 0.00000121. The van der Waals surface area contributed by atoms with Crippen molar-refractivity contribution in [1.29, 1.82) is 0 Å². The van der Waals surface area contributed by atoms with Gasteiger partial charge in [0.2, 0.25) is 0 Å². The van der Waals surface area contributed by atoms with Gasteiger partial charge in [-0.3, -0.25) is 4.79 Å². The first-order valence-electron chi connectivity index (χ1n) is 6.38. The van der Waals surface area contributed by atoms with Gasteiger partial charge in [-0.25, -0.2) is 4.98 Å². The fraction of sp³-hybridized carbons (Fsp3) is 0.385. The van der Waals surface area contributed by atoms with Crippen LogP contribution < -0.4 is 5.73 Å². The van der Waals surface area contributed by atoms with E-state index in [9.17, 15) is 4.79 Å². The second-order valence-electron chi connectivity index (χ2n) is 4.80. The topological polar surface area (TPSA) is 59.2 Å². The van der Waals surface area contributed by atoms with Crippen LogP contribution in [-0.4, -0.2) is 34.9 Å². The standard InChI is InChI=1S/C13H14BrN3OS2.2ClH/c14-8-5-11(19-6-8)12-16-10(7-20-12)13(18)17-3-1-9(15)2-4-17;;/h5-7,9H,1-4,15H2;2*1H. The summed E-state index contributed by atoms with van der Waals surface area (Å²) in [6.07, 6.45) is 1.75. The number of carbonyl (C=O) groups excluding carboxylic acids is 1. The SMILES string of the molecule is Cl.Cl.NC1CCN(C(=O)c2csc(-c3cc(Br)cs3)n2)CC1. The molecular weight excluding hydrogens is 429 g/mol. The number of aromatic nitrogens is 1. The smallest absolute Gasteiger partial charge is 0.273 e. The summed E-state index contributed by atoms with van der Waals surface area (Å²) in [5.41, 5.74) is 6.41. The highest BCUT2D eigenvalue weighted by molar-refractivity contribution is 9.10. The number of rotatable bonds is 2. The van der Waals surface area contributed by atoms with Gasteiger partial charge in [0.05, 0.1) is 4.88 Å². The molecule has 0 saturated carbocycles. The summed E-state index contributed by atoms with van der Waals surface area (Å²) in [7, 11) is 0. The number of likely N-dealkylation sites (tertiary alicyclic amines) is 1. The van der Waals surface area contributed by atoms with E-state index >= 15 is 0 Å². The number of halogens is 3. The highest BCUT2D eigenvalue weighted by Gasteiger charge is 2.23. The summed E-state index contributed by atoms with van der Waals surface area (Å²) in [5, 5.41) is 4.77. The number of nitrogens with zero attached hydrogens (tertiary/aromatic N) is 2. The minimum Gasteiger partial charge on any atom is -0.337 e. The van der Waals surface area contributed by atoms with Crippen LogP contribution >= 0.6 is 63.4 Å². The molecule has 1 fully saturated rings. The third kappa shape index (κ3) is 4.43. The second-order valence-corrected chi connectivity index (χ2v) is 7.48. The van der Waals surface area contributed by atoms with Crippen molar-refractivity contribution in [2.75, 3.05) is 13.1 Å². The zero-order chi connectivity index (χ0) is 14.1. The van der Waals surface area contributed by atoms with Crippen LogP contribution in [0.1, 0.15) is 23.3 Å². The van der Waals surface area contributed by atoms with E-state index in [-0.39, 0.29) is 36.8 Å². The van der Waals surface area contributed by atoms with Crippen molar-refractivity contribution in [3.63, 3.8) is 0 Å². The molecule has 1 aliphatic heterocycles. The van der Waals surface area contributed by atoms with Crippen molar-refractivity contribution in [2.24, 2.45) is 5.73 Å². The first-order chi connectivity index (χ1) is 9.63. The maximum atomic E-state index is 12.4. The number of carbonyl (C=O) groups is 1. The van der Waals surface area contributed by atoms with Crippen LogP contribution in [0, 0.1) is 0 Å². The predicted molar refractivity (Wildman–Crippen MR) is 101 cm³/mol. The third-order valence-electron chi connectivity index (χ3n) is 3.33. The molecule has 2 N–H and O–H groups in total. The molecule has 1 amide bonds. The predicted octanol–water partition coefficient (Wildman–Crippen LogP) is 4.04. The Morgan fingerprint density at radius 3 is 2.55 bits per heavy atom. The number of hydrogen-bond donors (Lipinski definition) is 1. The van der Waals surface area contributed by atoms with Crippen molar-refractivity contribution in [2.45, 2.75) is 18.9 Å². The molecular formula is C13H16BrCl2N3OS2. The van der Waals surface area contributed by atoms with Gasteiger partial charge in [0, 0.05) is 34.4 Å². The lowest BCUT2D eigenvalue weighted by Crippen LogP contribution is -2.42. The van der Waals surface area contributed by atoms with Crippen molar-refractivity contribution in [3.8, 4) is 9.88 Å². The first kappa shape index (κ1) is 19.9. The van der Waals surface area contributed by atoms with Gasteiger partial charge in [0.1, 0.15) is 10.7 Å². The Bertz CT molecular complexity index is 626. The third-order valence-corrected chi connectivity index (χ3v) is 6.03. The molecule has 2 aromatic heterocycles. The molecule has 0 bridgehead atoms. The van der Waals surface area contributed by atoms with Gasteiger partial charge in [-0.1, -0.05) is 0 Å². The molecule has 3 heterocycles. The van der Waals surface area contributed by atoms with Gasteiger partial charge in [-0.15, -0.1) is 47.5 Å². The molecule has 4 nitrogen and oxygen atoms in total. The molecule has 3 rings (SSSR count). The monoisotopic (exact) mass is 443 g/mol. The van der Waals surface area contributed by atoms with Gasteiger partial charge < -0.3 is 10.6 Å². The number of thiazole rings is 1. The Labute approximate surface area is 158 Å². The maximum absolute atomic E-state index is 12.4. The average Bonchev–Trinajstić information content (AvgIpc) is 3.07. The van der Waals surface area contributed by atoms with Crippen molar-refractivity contribution in [1.82, 2.24) is 9.88 Å². The van der Waals surface area contributed by atoms with Crippen molar-refractivity contribution in [3.05, 3.63) is 27.0 Å². The molecule has 122 valence electrons. The van der Waals surface area contributed by atoms with Crippen LogP contribution in [0.4, 0.5) is 0 Å². The molecule has 22 heavy (non-hydrogen) atoms. The zero-order valence-electron chi connectivity index (χ0n) is 11.5. The highest BCUT2D eigenvalue weighted by atomic mass is 79.9. The molecule has 0 unspecified atom stereocenters. The number of thiophene rings is 1. The summed E-state index contributed by atoms with van der Waals surface area (Å²) in [6.45, 7) is 1.47. The second kappa shape index (κ2) is 8.61. The molecule has 0 spiro atoms. The quantitative estimate of drug-likeness (QED) is 0.760. The minimum absolute atomic E-state index is 0. The first-order valence-corrected chi connectivity index (χ1v) is 8.93. The number of nitrogens with two attached hydrogens (primary N) is 1.